The number of carbonyl (C=O) groups is 2. The van der Waals surface area contributed by atoms with Crippen LogP contribution in [0.25, 0.3) is 11.8 Å². The van der Waals surface area contributed by atoms with Gasteiger partial charge >= 0.3 is 5.97 Å². The minimum absolute atomic E-state index is 0.228. The Morgan fingerprint density at radius 3 is 2.24 bits per heavy atom. The highest BCUT2D eigenvalue weighted by atomic mass is 35.5. The minimum Gasteiger partial charge on any atom is -0.493 e. The number of aryl methyl sites for hydroxylation is 1. The van der Waals surface area contributed by atoms with Gasteiger partial charge in [-0.2, -0.15) is 5.10 Å². The van der Waals surface area contributed by atoms with E-state index in [0.29, 0.717) is 34.2 Å². The Morgan fingerprint density at radius 2 is 1.68 bits per heavy atom. The van der Waals surface area contributed by atoms with E-state index < -0.39 is 18.4 Å². The molecule has 0 aliphatic carbocycles. The summed E-state index contributed by atoms with van der Waals surface area (Å²) >= 11 is 6.39. The van der Waals surface area contributed by atoms with Gasteiger partial charge in [0.05, 0.1) is 32.7 Å². The molecular weight excluding hydrogens is 467 g/mol. The molecule has 34 heavy (non-hydrogen) atoms. The van der Waals surface area contributed by atoms with Crippen LogP contribution < -0.4 is 14.2 Å². The highest BCUT2D eigenvalue weighted by Gasteiger charge is 2.18. The number of benzene rings is 2. The minimum atomic E-state index is -0.745. The second-order valence-corrected chi connectivity index (χ2v) is 7.31. The first-order valence-corrected chi connectivity index (χ1v) is 10.4. The smallest absolute Gasteiger partial charge is 0.331 e. The maximum absolute atomic E-state index is 13.2. The number of ether oxygens (including phenoxy) is 4. The van der Waals surface area contributed by atoms with Gasteiger partial charge in [0, 0.05) is 17.2 Å². The first-order valence-electron chi connectivity index (χ1n) is 9.98. The molecule has 0 saturated carbocycles. The van der Waals surface area contributed by atoms with Crippen LogP contribution in [0.1, 0.15) is 21.6 Å². The van der Waals surface area contributed by atoms with Crippen molar-refractivity contribution in [3.63, 3.8) is 0 Å². The fourth-order valence-corrected chi connectivity index (χ4v) is 3.45. The largest absolute Gasteiger partial charge is 0.493 e. The highest BCUT2D eigenvalue weighted by Crippen LogP contribution is 2.38. The van der Waals surface area contributed by atoms with E-state index in [-0.39, 0.29) is 16.5 Å². The Balaban J connectivity index is 1.69. The van der Waals surface area contributed by atoms with Crippen LogP contribution in [0, 0.1) is 12.7 Å². The third-order valence-electron chi connectivity index (χ3n) is 4.84. The van der Waals surface area contributed by atoms with Gasteiger partial charge in [-0.15, -0.1) is 0 Å². The summed E-state index contributed by atoms with van der Waals surface area (Å²) in [4.78, 5) is 24.7. The van der Waals surface area contributed by atoms with Crippen molar-refractivity contribution in [3.05, 3.63) is 70.3 Å². The number of hydrogen-bond acceptors (Lipinski definition) is 7. The lowest BCUT2D eigenvalue weighted by Gasteiger charge is -2.13. The number of carbonyl (C=O) groups excluding carboxylic acids is 2. The van der Waals surface area contributed by atoms with Crippen LogP contribution in [0.2, 0.25) is 5.15 Å². The number of halogens is 2. The monoisotopic (exact) mass is 488 g/mol. The number of nitrogens with zero attached hydrogens (tertiary/aromatic N) is 2. The molecule has 1 aromatic heterocycles. The van der Waals surface area contributed by atoms with Crippen molar-refractivity contribution < 1.29 is 32.9 Å². The zero-order valence-corrected chi connectivity index (χ0v) is 19.7. The summed E-state index contributed by atoms with van der Waals surface area (Å²) in [5.74, 6) is -0.632. The third kappa shape index (κ3) is 5.37. The Hall–Kier alpha value is -3.85. The lowest BCUT2D eigenvalue weighted by molar-refractivity contribution is -0.136. The van der Waals surface area contributed by atoms with Crippen LogP contribution in [0.15, 0.2) is 42.5 Å². The molecule has 0 aliphatic rings. The van der Waals surface area contributed by atoms with Gasteiger partial charge < -0.3 is 18.9 Å². The van der Waals surface area contributed by atoms with Crippen LogP contribution >= 0.6 is 11.6 Å². The van der Waals surface area contributed by atoms with E-state index in [0.717, 1.165) is 6.08 Å². The number of Topliss-reactive ketones (excluding diaryl/α,β-unsaturated/α-hetero) is 1. The van der Waals surface area contributed by atoms with Gasteiger partial charge in [0.1, 0.15) is 11.0 Å². The summed E-state index contributed by atoms with van der Waals surface area (Å²) in [5.41, 5.74) is 1.82. The summed E-state index contributed by atoms with van der Waals surface area (Å²) in [6.07, 6.45) is 2.59. The lowest BCUT2D eigenvalue weighted by atomic mass is 10.1. The molecule has 3 aromatic rings. The third-order valence-corrected chi connectivity index (χ3v) is 5.20. The number of aromatic nitrogens is 2. The molecule has 10 heteroatoms. The summed E-state index contributed by atoms with van der Waals surface area (Å²) in [5, 5.41) is 4.56. The van der Waals surface area contributed by atoms with E-state index in [9.17, 15) is 14.0 Å². The summed E-state index contributed by atoms with van der Waals surface area (Å²) in [6, 6.07) is 8.59. The first-order chi connectivity index (χ1) is 16.3. The van der Waals surface area contributed by atoms with Gasteiger partial charge in [0.2, 0.25) is 11.5 Å². The van der Waals surface area contributed by atoms with Crippen LogP contribution in [0.3, 0.4) is 0 Å². The van der Waals surface area contributed by atoms with Crippen molar-refractivity contribution in [2.75, 3.05) is 27.9 Å². The Morgan fingerprint density at radius 1 is 1.06 bits per heavy atom. The molecule has 0 aliphatic heterocycles. The van der Waals surface area contributed by atoms with E-state index in [1.165, 1.54) is 68.5 Å². The number of rotatable bonds is 9. The predicted octanol–water partition coefficient (Wildman–Crippen LogP) is 4.44. The number of esters is 1. The SMILES string of the molecule is COc1cc(C(=O)COC(=O)C=Cc2c(C)nn(-c3ccc(F)cc3)c2Cl)cc(OC)c1OC. The maximum Gasteiger partial charge on any atom is 0.331 e. The molecule has 0 unspecified atom stereocenters. The molecule has 0 N–H and O–H groups in total. The van der Waals surface area contributed by atoms with Crippen molar-refractivity contribution in [1.29, 1.82) is 0 Å². The molecule has 3 rings (SSSR count). The molecule has 0 saturated heterocycles. The maximum atomic E-state index is 13.2. The Bertz CT molecular complexity index is 1210. The molecule has 2 aromatic carbocycles. The number of ketones is 1. The van der Waals surface area contributed by atoms with E-state index >= 15 is 0 Å². The molecule has 0 bridgehead atoms. The van der Waals surface area contributed by atoms with Crippen molar-refractivity contribution in [2.45, 2.75) is 6.92 Å². The average Bonchev–Trinajstić information content (AvgIpc) is 3.13. The molecule has 0 spiro atoms. The second-order valence-electron chi connectivity index (χ2n) is 6.96. The predicted molar refractivity (Wildman–Crippen MR) is 124 cm³/mol. The zero-order valence-electron chi connectivity index (χ0n) is 18.9. The molecule has 0 amide bonds. The van der Waals surface area contributed by atoms with Crippen molar-refractivity contribution in [2.24, 2.45) is 0 Å². The van der Waals surface area contributed by atoms with Gasteiger partial charge in [-0.25, -0.2) is 13.9 Å². The number of methoxy groups -OCH3 is 3. The number of hydrogen-bond donors (Lipinski definition) is 0. The lowest BCUT2D eigenvalue weighted by Crippen LogP contribution is -2.13. The van der Waals surface area contributed by atoms with Crippen molar-refractivity contribution in [3.8, 4) is 22.9 Å². The normalized spacial score (nSPS) is 10.9. The van der Waals surface area contributed by atoms with Gasteiger partial charge in [-0.1, -0.05) is 11.6 Å². The van der Waals surface area contributed by atoms with Gasteiger partial charge in [0.25, 0.3) is 0 Å². The molecule has 0 atom stereocenters. The summed E-state index contributed by atoms with van der Waals surface area (Å²) in [7, 11) is 4.32. The standard InChI is InChI=1S/C24H22ClFN2O6/c1-14-18(24(25)28(27-14)17-7-5-16(26)6-8-17)9-10-22(30)34-13-19(29)15-11-20(31-2)23(33-4)21(12-15)32-3/h5-12H,13H2,1-4H3. The fourth-order valence-electron chi connectivity index (χ4n) is 3.12. The van der Waals surface area contributed by atoms with E-state index in [4.69, 9.17) is 30.5 Å². The van der Waals surface area contributed by atoms with E-state index in [1.807, 2.05) is 0 Å². The molecule has 0 radical (unpaired) electrons. The van der Waals surface area contributed by atoms with Crippen LogP contribution in [-0.2, 0) is 9.53 Å². The Kier molecular flexibility index (Phi) is 7.91. The quantitative estimate of drug-likeness (QED) is 0.250. The fraction of sp³-hybridized carbons (Fsp3) is 0.208. The second kappa shape index (κ2) is 10.8. The van der Waals surface area contributed by atoms with Crippen LogP contribution in [0.4, 0.5) is 4.39 Å². The average molecular weight is 489 g/mol. The highest BCUT2D eigenvalue weighted by molar-refractivity contribution is 6.31. The van der Waals surface area contributed by atoms with Gasteiger partial charge in [0.15, 0.2) is 18.1 Å². The topological polar surface area (TPSA) is 88.9 Å². The molecular formula is C24H22ClFN2O6. The molecule has 0 fully saturated rings. The van der Waals surface area contributed by atoms with Gasteiger partial charge in [-0.3, -0.25) is 4.79 Å². The van der Waals surface area contributed by atoms with Gasteiger partial charge in [-0.05, 0) is 49.4 Å². The Labute approximate surface area is 200 Å². The van der Waals surface area contributed by atoms with Crippen molar-refractivity contribution >= 4 is 29.4 Å². The molecule has 1 heterocycles. The molecule has 8 nitrogen and oxygen atoms in total. The summed E-state index contributed by atoms with van der Waals surface area (Å²) in [6.45, 7) is 1.22. The summed E-state index contributed by atoms with van der Waals surface area (Å²) < 4.78 is 35.4. The van der Waals surface area contributed by atoms with E-state index in [2.05, 4.69) is 5.10 Å². The van der Waals surface area contributed by atoms with E-state index in [1.54, 1.807) is 6.92 Å². The zero-order chi connectivity index (χ0) is 24.8. The van der Waals surface area contributed by atoms with Crippen LogP contribution in [-0.4, -0.2) is 49.5 Å². The van der Waals surface area contributed by atoms with Crippen LogP contribution in [0.5, 0.6) is 17.2 Å². The van der Waals surface area contributed by atoms with Crippen molar-refractivity contribution in [1.82, 2.24) is 9.78 Å². The molecule has 178 valence electrons. The first kappa shape index (κ1) is 24.8.